The van der Waals surface area contributed by atoms with E-state index in [1.807, 2.05) is 0 Å². The molecule has 0 aliphatic heterocycles. The summed E-state index contributed by atoms with van der Waals surface area (Å²) in [5.41, 5.74) is 0. The van der Waals surface area contributed by atoms with E-state index in [1.165, 1.54) is 231 Å². The molecule has 1 unspecified atom stereocenters. The largest absolute Gasteiger partial charge is 0.462 e. The second-order valence-corrected chi connectivity index (χ2v) is 21.7. The predicted molar refractivity (Wildman–Crippen MR) is 289 cm³/mol. The maximum absolute atomic E-state index is 12.9. The first kappa shape index (κ1) is 65.4. The number of hydrogen-bond acceptors (Lipinski definition) is 6. The molecule has 0 heterocycles. The summed E-state index contributed by atoms with van der Waals surface area (Å²) in [6, 6.07) is 0. The number of unbranched alkanes of at least 4 members (excludes halogenated alkanes) is 39. The van der Waals surface area contributed by atoms with E-state index in [2.05, 4.69) is 34.6 Å². The monoisotopic (exact) mass is 947 g/mol. The Morgan fingerprint density at radius 2 is 0.567 bits per heavy atom. The first-order valence-electron chi connectivity index (χ1n) is 30.3. The van der Waals surface area contributed by atoms with Gasteiger partial charge in [0, 0.05) is 19.3 Å². The van der Waals surface area contributed by atoms with Gasteiger partial charge in [-0.15, -0.1) is 0 Å². The highest BCUT2D eigenvalue weighted by atomic mass is 16.6. The normalized spacial score (nSPS) is 12.4. The summed E-state index contributed by atoms with van der Waals surface area (Å²) in [6.07, 6.45) is 58.3. The molecule has 0 amide bonds. The topological polar surface area (TPSA) is 78.9 Å². The van der Waals surface area contributed by atoms with Gasteiger partial charge in [0.05, 0.1) is 0 Å². The molecule has 6 heteroatoms. The van der Waals surface area contributed by atoms with Crippen molar-refractivity contribution >= 4 is 17.9 Å². The fourth-order valence-corrected chi connectivity index (χ4v) is 9.37. The van der Waals surface area contributed by atoms with Gasteiger partial charge in [0.1, 0.15) is 13.2 Å². The van der Waals surface area contributed by atoms with Crippen molar-refractivity contribution in [2.45, 2.75) is 349 Å². The molecule has 2 atom stereocenters. The van der Waals surface area contributed by atoms with Gasteiger partial charge in [-0.1, -0.05) is 304 Å². The van der Waals surface area contributed by atoms with Crippen molar-refractivity contribution in [1.82, 2.24) is 0 Å². The highest BCUT2D eigenvalue weighted by molar-refractivity contribution is 5.71. The van der Waals surface area contributed by atoms with Gasteiger partial charge in [-0.2, -0.15) is 0 Å². The van der Waals surface area contributed by atoms with Gasteiger partial charge < -0.3 is 14.2 Å². The van der Waals surface area contributed by atoms with Gasteiger partial charge in [0.15, 0.2) is 6.10 Å². The zero-order valence-corrected chi connectivity index (χ0v) is 46.0. The number of ether oxygens (including phenoxy) is 3. The lowest BCUT2D eigenvalue weighted by Crippen LogP contribution is -2.30. The van der Waals surface area contributed by atoms with Crippen LogP contribution in [-0.4, -0.2) is 37.2 Å². The molecule has 6 nitrogen and oxygen atoms in total. The third kappa shape index (κ3) is 53.6. The number of carbonyl (C=O) groups is 3. The molecule has 0 aliphatic carbocycles. The molecule has 0 saturated heterocycles. The third-order valence-electron chi connectivity index (χ3n) is 14.3. The van der Waals surface area contributed by atoms with E-state index in [-0.39, 0.29) is 31.1 Å². The molecule has 0 aromatic carbocycles. The van der Waals surface area contributed by atoms with E-state index in [4.69, 9.17) is 14.2 Å². The Kier molecular flexibility index (Phi) is 52.5. The van der Waals surface area contributed by atoms with Crippen LogP contribution in [0.15, 0.2) is 0 Å². The second-order valence-electron chi connectivity index (χ2n) is 21.7. The standard InChI is InChI=1S/C61H118O6/c1-6-8-9-10-11-12-13-14-15-16-20-23-26-29-32-35-41-46-51-59(62)65-54-58(55-66-60(63)52-47-42-38-37-39-44-49-56(3)4)67-61(64)53-48-43-36-33-30-27-24-21-18-17-19-22-25-28-31-34-40-45-50-57(5)7-2/h56-58H,6-55H2,1-5H3/t57?,58-/m0/s1. The molecule has 0 saturated carbocycles. The van der Waals surface area contributed by atoms with Gasteiger partial charge in [-0.05, 0) is 31.1 Å². The molecule has 0 fully saturated rings. The van der Waals surface area contributed by atoms with E-state index in [0.29, 0.717) is 19.3 Å². The van der Waals surface area contributed by atoms with Crippen molar-refractivity contribution in [2.75, 3.05) is 13.2 Å². The molecule has 0 radical (unpaired) electrons. The molecule has 0 aromatic rings. The van der Waals surface area contributed by atoms with Crippen LogP contribution in [0.5, 0.6) is 0 Å². The van der Waals surface area contributed by atoms with Gasteiger partial charge in [-0.3, -0.25) is 14.4 Å². The van der Waals surface area contributed by atoms with Crippen LogP contribution in [0.2, 0.25) is 0 Å². The summed E-state index contributed by atoms with van der Waals surface area (Å²) in [7, 11) is 0. The minimum atomic E-state index is -0.763. The van der Waals surface area contributed by atoms with Crippen molar-refractivity contribution in [3.63, 3.8) is 0 Å². The lowest BCUT2D eigenvalue weighted by atomic mass is 9.99. The highest BCUT2D eigenvalue weighted by Gasteiger charge is 2.19. The summed E-state index contributed by atoms with van der Waals surface area (Å²) < 4.78 is 16.9. The average Bonchev–Trinajstić information content (AvgIpc) is 3.31. The highest BCUT2D eigenvalue weighted by Crippen LogP contribution is 2.19. The van der Waals surface area contributed by atoms with Gasteiger partial charge in [0.2, 0.25) is 0 Å². The molecule has 0 rings (SSSR count). The summed E-state index contributed by atoms with van der Waals surface area (Å²) in [6.45, 7) is 11.4. The molecule has 67 heavy (non-hydrogen) atoms. The first-order valence-corrected chi connectivity index (χ1v) is 30.3. The smallest absolute Gasteiger partial charge is 0.306 e. The lowest BCUT2D eigenvalue weighted by Gasteiger charge is -2.18. The van der Waals surface area contributed by atoms with E-state index in [1.54, 1.807) is 0 Å². The SMILES string of the molecule is CCCCCCCCCCCCCCCCCCCCC(=O)OC[C@@H](COC(=O)CCCCCCCCC(C)C)OC(=O)CCCCCCCCCCCCCCCCCCCCC(C)CC. The summed E-state index contributed by atoms with van der Waals surface area (Å²) in [5, 5.41) is 0. The van der Waals surface area contributed by atoms with Crippen LogP contribution >= 0.6 is 0 Å². The van der Waals surface area contributed by atoms with Gasteiger partial charge in [0.25, 0.3) is 0 Å². The lowest BCUT2D eigenvalue weighted by molar-refractivity contribution is -0.167. The van der Waals surface area contributed by atoms with E-state index < -0.39 is 6.10 Å². The fraction of sp³-hybridized carbons (Fsp3) is 0.951. The Bertz CT molecular complexity index is 1030. The van der Waals surface area contributed by atoms with Gasteiger partial charge >= 0.3 is 17.9 Å². The van der Waals surface area contributed by atoms with Crippen molar-refractivity contribution in [3.8, 4) is 0 Å². The Labute approximate surface area is 418 Å². The van der Waals surface area contributed by atoms with Crippen LogP contribution in [0.1, 0.15) is 343 Å². The number of rotatable bonds is 55. The van der Waals surface area contributed by atoms with Gasteiger partial charge in [-0.25, -0.2) is 0 Å². The predicted octanol–water partition coefficient (Wildman–Crippen LogP) is 20.0. The summed E-state index contributed by atoms with van der Waals surface area (Å²) in [5.74, 6) is 0.829. The van der Waals surface area contributed by atoms with Crippen LogP contribution in [0.4, 0.5) is 0 Å². The number of carbonyl (C=O) groups excluding carboxylic acids is 3. The zero-order chi connectivity index (χ0) is 48.9. The zero-order valence-electron chi connectivity index (χ0n) is 46.0. The maximum Gasteiger partial charge on any atom is 0.306 e. The molecule has 0 spiro atoms. The average molecular weight is 948 g/mol. The van der Waals surface area contributed by atoms with Crippen LogP contribution in [-0.2, 0) is 28.6 Å². The molecule has 0 bridgehead atoms. The van der Waals surface area contributed by atoms with E-state index in [9.17, 15) is 14.4 Å². The quantitative estimate of drug-likeness (QED) is 0.0343. The first-order chi connectivity index (χ1) is 32.8. The van der Waals surface area contributed by atoms with Crippen molar-refractivity contribution in [3.05, 3.63) is 0 Å². The third-order valence-corrected chi connectivity index (χ3v) is 14.3. The number of hydrogen-bond donors (Lipinski definition) is 0. The Hall–Kier alpha value is -1.59. The Morgan fingerprint density at radius 1 is 0.313 bits per heavy atom. The summed E-state index contributed by atoms with van der Waals surface area (Å²) >= 11 is 0. The molecular weight excluding hydrogens is 829 g/mol. The molecule has 0 aliphatic rings. The van der Waals surface area contributed by atoms with Crippen LogP contribution in [0.25, 0.3) is 0 Å². The Morgan fingerprint density at radius 3 is 0.851 bits per heavy atom. The van der Waals surface area contributed by atoms with Crippen molar-refractivity contribution < 1.29 is 28.6 Å². The summed E-state index contributed by atoms with van der Waals surface area (Å²) in [4.78, 5) is 38.1. The molecule has 398 valence electrons. The Balaban J connectivity index is 4.18. The fourth-order valence-electron chi connectivity index (χ4n) is 9.37. The minimum absolute atomic E-state index is 0.0634. The minimum Gasteiger partial charge on any atom is -0.462 e. The van der Waals surface area contributed by atoms with Crippen molar-refractivity contribution in [2.24, 2.45) is 11.8 Å². The molecule has 0 N–H and O–H groups in total. The van der Waals surface area contributed by atoms with Crippen LogP contribution in [0, 0.1) is 11.8 Å². The van der Waals surface area contributed by atoms with Crippen LogP contribution < -0.4 is 0 Å². The van der Waals surface area contributed by atoms with E-state index in [0.717, 1.165) is 69.6 Å². The second kappa shape index (κ2) is 53.8. The van der Waals surface area contributed by atoms with Crippen LogP contribution in [0.3, 0.4) is 0 Å². The maximum atomic E-state index is 12.9. The molecular formula is C61H118O6. The molecule has 0 aromatic heterocycles. The van der Waals surface area contributed by atoms with Crippen molar-refractivity contribution in [1.29, 1.82) is 0 Å². The number of esters is 3. The van der Waals surface area contributed by atoms with E-state index >= 15 is 0 Å².